The monoisotopic (exact) mass is 498 g/mol. The van der Waals surface area contributed by atoms with Crippen molar-refractivity contribution < 1.29 is 19.2 Å². The van der Waals surface area contributed by atoms with Crippen molar-refractivity contribution in [1.29, 1.82) is 0 Å². The number of H-pyrrole nitrogens is 1. The molecule has 0 saturated carbocycles. The van der Waals surface area contributed by atoms with Gasteiger partial charge in [0.1, 0.15) is 5.69 Å². The average Bonchev–Trinajstić information content (AvgIpc) is 2.86. The minimum atomic E-state index is -0.664. The second-order valence-electron chi connectivity index (χ2n) is 7.77. The molecule has 1 aliphatic rings. The van der Waals surface area contributed by atoms with Crippen LogP contribution < -0.4 is 10.5 Å². The molecule has 1 aliphatic heterocycles. The highest BCUT2D eigenvalue weighted by atomic mass is 32.2. The van der Waals surface area contributed by atoms with Crippen LogP contribution in [0.15, 0.2) is 40.3 Å². The molecular formula is C22H22N6O6S. The number of nitro groups is 1. The Morgan fingerprint density at radius 1 is 1.20 bits per heavy atom. The molecule has 0 atom stereocenters. The van der Waals surface area contributed by atoms with Gasteiger partial charge in [-0.15, -0.1) is 0 Å². The lowest BCUT2D eigenvalue weighted by molar-refractivity contribution is -0.384. The quantitative estimate of drug-likeness (QED) is 0.175. The fourth-order valence-electron chi connectivity index (χ4n) is 3.89. The van der Waals surface area contributed by atoms with Crippen LogP contribution in [0.4, 0.5) is 11.4 Å². The van der Waals surface area contributed by atoms with Crippen molar-refractivity contribution in [2.45, 2.75) is 12.1 Å². The van der Waals surface area contributed by atoms with E-state index in [1.165, 1.54) is 19.2 Å². The van der Waals surface area contributed by atoms with Crippen LogP contribution in [-0.2, 0) is 9.53 Å². The molecule has 1 amide bonds. The van der Waals surface area contributed by atoms with Crippen LogP contribution in [0.2, 0.25) is 0 Å². The molecule has 35 heavy (non-hydrogen) atoms. The molecule has 1 fully saturated rings. The largest absolute Gasteiger partial charge is 0.465 e. The second-order valence-corrected chi connectivity index (χ2v) is 8.74. The molecule has 0 unspecified atom stereocenters. The summed E-state index contributed by atoms with van der Waals surface area (Å²) in [7, 11) is 1.22. The fourth-order valence-corrected chi connectivity index (χ4v) is 4.65. The van der Waals surface area contributed by atoms with Crippen molar-refractivity contribution in [3.63, 3.8) is 0 Å². The molecule has 3 heterocycles. The first-order valence-corrected chi connectivity index (χ1v) is 11.7. The highest BCUT2D eigenvalue weighted by Gasteiger charge is 2.26. The number of ether oxygens (including phenoxy) is 1. The zero-order valence-electron chi connectivity index (χ0n) is 19.0. The lowest BCUT2D eigenvalue weighted by Crippen LogP contribution is -2.49. The van der Waals surface area contributed by atoms with Crippen LogP contribution in [0.25, 0.3) is 11.0 Å². The SMILES string of the molecule is COC(=O)c1cc(C)nc2nc(SCC(=O)N3CCN(c4ccccc4[N+](=O)[O-])CC3)[nH]c(=O)c12. The van der Waals surface area contributed by atoms with E-state index in [0.717, 1.165) is 11.8 Å². The number of esters is 1. The fraction of sp³-hybridized carbons (Fsp3) is 0.318. The number of nitrogens with zero attached hydrogens (tertiary/aromatic N) is 5. The van der Waals surface area contributed by atoms with Gasteiger partial charge in [0.15, 0.2) is 10.8 Å². The van der Waals surface area contributed by atoms with Gasteiger partial charge in [0.25, 0.3) is 11.2 Å². The van der Waals surface area contributed by atoms with Gasteiger partial charge in [-0.25, -0.2) is 14.8 Å². The van der Waals surface area contributed by atoms with E-state index in [2.05, 4.69) is 15.0 Å². The minimum Gasteiger partial charge on any atom is -0.465 e. The number of hydrogen-bond acceptors (Lipinski definition) is 10. The summed E-state index contributed by atoms with van der Waals surface area (Å²) in [4.78, 5) is 63.1. The Bertz CT molecular complexity index is 1370. The summed E-state index contributed by atoms with van der Waals surface area (Å²) in [5, 5.41) is 11.5. The highest BCUT2D eigenvalue weighted by molar-refractivity contribution is 7.99. The van der Waals surface area contributed by atoms with Crippen LogP contribution in [0.1, 0.15) is 16.1 Å². The van der Waals surface area contributed by atoms with Gasteiger partial charge < -0.3 is 19.5 Å². The number of benzene rings is 1. The number of fused-ring (bicyclic) bond motifs is 1. The van der Waals surface area contributed by atoms with Crippen molar-refractivity contribution in [1.82, 2.24) is 19.9 Å². The summed E-state index contributed by atoms with van der Waals surface area (Å²) in [5.41, 5.74) is 0.699. The summed E-state index contributed by atoms with van der Waals surface area (Å²) in [6.07, 6.45) is 0. The molecule has 0 bridgehead atoms. The van der Waals surface area contributed by atoms with E-state index in [1.807, 2.05) is 4.90 Å². The van der Waals surface area contributed by atoms with Gasteiger partial charge in [0.05, 0.1) is 28.7 Å². The van der Waals surface area contributed by atoms with Gasteiger partial charge >= 0.3 is 5.97 Å². The lowest BCUT2D eigenvalue weighted by Gasteiger charge is -2.35. The van der Waals surface area contributed by atoms with E-state index in [4.69, 9.17) is 4.74 Å². The van der Waals surface area contributed by atoms with Crippen molar-refractivity contribution in [2.24, 2.45) is 0 Å². The lowest BCUT2D eigenvalue weighted by atomic mass is 10.1. The summed E-state index contributed by atoms with van der Waals surface area (Å²) < 4.78 is 4.75. The number of aromatic nitrogens is 3. The number of piperazine rings is 1. The normalized spacial score (nSPS) is 13.7. The van der Waals surface area contributed by atoms with Crippen LogP contribution in [0.3, 0.4) is 0 Å². The van der Waals surface area contributed by atoms with Crippen LogP contribution in [-0.4, -0.2) is 75.7 Å². The number of thioether (sulfide) groups is 1. The number of nitrogens with one attached hydrogen (secondary N) is 1. The van der Waals surface area contributed by atoms with Gasteiger partial charge in [0.2, 0.25) is 5.91 Å². The number of pyridine rings is 1. The zero-order valence-corrected chi connectivity index (χ0v) is 19.8. The first-order valence-electron chi connectivity index (χ1n) is 10.7. The predicted octanol–water partition coefficient (Wildman–Crippen LogP) is 1.76. The maximum Gasteiger partial charge on any atom is 0.338 e. The maximum atomic E-state index is 12.8. The molecule has 2 aromatic heterocycles. The van der Waals surface area contributed by atoms with Crippen LogP contribution in [0.5, 0.6) is 0 Å². The van der Waals surface area contributed by atoms with E-state index >= 15 is 0 Å². The van der Waals surface area contributed by atoms with Gasteiger partial charge in [-0.2, -0.15) is 0 Å². The van der Waals surface area contributed by atoms with Gasteiger partial charge in [-0.05, 0) is 19.1 Å². The topological polar surface area (TPSA) is 152 Å². The number of hydrogen-bond donors (Lipinski definition) is 1. The summed E-state index contributed by atoms with van der Waals surface area (Å²) in [5.74, 6) is -0.772. The molecule has 0 aliphatic carbocycles. The average molecular weight is 499 g/mol. The molecule has 12 nitrogen and oxygen atoms in total. The molecule has 13 heteroatoms. The Kier molecular flexibility index (Phi) is 6.96. The molecule has 3 aromatic rings. The van der Waals surface area contributed by atoms with Crippen LogP contribution >= 0.6 is 11.8 Å². The van der Waals surface area contributed by atoms with E-state index in [1.54, 1.807) is 30.0 Å². The Balaban J connectivity index is 1.42. The molecular weight excluding hydrogens is 476 g/mol. The number of rotatable bonds is 6. The Labute approximate surface area is 203 Å². The molecule has 1 saturated heterocycles. The number of methoxy groups -OCH3 is 1. The number of para-hydroxylation sites is 2. The molecule has 0 spiro atoms. The maximum absolute atomic E-state index is 12.8. The van der Waals surface area contributed by atoms with Gasteiger partial charge in [0, 0.05) is 37.9 Å². The zero-order chi connectivity index (χ0) is 25.1. The van der Waals surface area contributed by atoms with Crippen LogP contribution in [0, 0.1) is 17.0 Å². The third kappa shape index (κ3) is 5.09. The third-order valence-corrected chi connectivity index (χ3v) is 6.43. The van der Waals surface area contributed by atoms with Crippen molar-refractivity contribution >= 4 is 46.0 Å². The Hall–Kier alpha value is -4.00. The van der Waals surface area contributed by atoms with Crippen molar-refractivity contribution in [3.05, 3.63) is 62.1 Å². The highest BCUT2D eigenvalue weighted by Crippen LogP contribution is 2.28. The van der Waals surface area contributed by atoms with E-state index < -0.39 is 16.5 Å². The summed E-state index contributed by atoms with van der Waals surface area (Å²) in [6, 6.07) is 8.00. The van der Waals surface area contributed by atoms with Crippen molar-refractivity contribution in [2.75, 3.05) is 43.9 Å². The molecule has 0 radical (unpaired) electrons. The summed E-state index contributed by atoms with van der Waals surface area (Å²) >= 11 is 1.06. The van der Waals surface area contributed by atoms with Gasteiger partial charge in [-0.1, -0.05) is 23.9 Å². The number of carbonyl (C=O) groups excluding carboxylic acids is 2. The Morgan fingerprint density at radius 2 is 1.91 bits per heavy atom. The number of carbonyl (C=O) groups is 2. The van der Waals surface area contributed by atoms with Crippen molar-refractivity contribution in [3.8, 4) is 0 Å². The number of anilines is 1. The van der Waals surface area contributed by atoms with Gasteiger partial charge in [-0.3, -0.25) is 19.7 Å². The first-order chi connectivity index (χ1) is 16.8. The standard InChI is InChI=1S/C22H22N6O6S/c1-13-11-14(21(31)34-2)18-19(23-13)24-22(25-20(18)30)35-12-17(29)27-9-7-26(8-10-27)15-5-3-4-6-16(15)28(32)33/h3-6,11H,7-10,12H2,1-2H3,(H,23,24,25,30). The molecule has 182 valence electrons. The van der Waals surface area contributed by atoms with E-state index in [9.17, 15) is 24.5 Å². The molecule has 1 N–H and O–H groups in total. The number of aromatic amines is 1. The summed E-state index contributed by atoms with van der Waals surface area (Å²) in [6.45, 7) is 3.43. The number of aryl methyl sites for hydroxylation is 1. The smallest absolute Gasteiger partial charge is 0.338 e. The van der Waals surface area contributed by atoms with E-state index in [0.29, 0.717) is 37.6 Å². The molecule has 4 rings (SSSR count). The number of amides is 1. The molecule has 1 aromatic carbocycles. The predicted molar refractivity (Wildman–Crippen MR) is 129 cm³/mol. The minimum absolute atomic E-state index is 0.0317. The van der Waals surface area contributed by atoms with E-state index in [-0.39, 0.29) is 39.1 Å². The Morgan fingerprint density at radius 3 is 2.60 bits per heavy atom. The third-order valence-electron chi connectivity index (χ3n) is 5.57. The second kappa shape index (κ2) is 10.1. The first kappa shape index (κ1) is 24.1. The number of nitro benzene ring substituents is 1.